The van der Waals surface area contributed by atoms with E-state index in [0.717, 1.165) is 17.8 Å². The molecule has 0 unspecified atom stereocenters. The molecule has 1 N–H and O–H groups in total. The minimum absolute atomic E-state index is 0.0761. The van der Waals surface area contributed by atoms with Gasteiger partial charge in [-0.15, -0.1) is 10.2 Å². The summed E-state index contributed by atoms with van der Waals surface area (Å²) < 4.78 is 10.8. The van der Waals surface area contributed by atoms with Gasteiger partial charge in [-0.2, -0.15) is 0 Å². The van der Waals surface area contributed by atoms with Gasteiger partial charge in [0, 0.05) is 12.8 Å². The number of benzene rings is 1. The number of ether oxygens (including phenoxy) is 2. The summed E-state index contributed by atoms with van der Waals surface area (Å²) in [6.07, 6.45) is 2.89. The van der Waals surface area contributed by atoms with Crippen LogP contribution >= 0.6 is 11.3 Å². The molecule has 23 heavy (non-hydrogen) atoms. The second kappa shape index (κ2) is 9.09. The molecule has 0 spiro atoms. The van der Waals surface area contributed by atoms with Crippen LogP contribution in [0, 0.1) is 0 Å². The fraction of sp³-hybridized carbons (Fsp3) is 0.438. The molecule has 0 atom stereocenters. The molecule has 0 saturated heterocycles. The Labute approximate surface area is 139 Å². The third-order valence-corrected chi connectivity index (χ3v) is 3.95. The van der Waals surface area contributed by atoms with Crippen molar-refractivity contribution in [2.45, 2.75) is 32.6 Å². The van der Waals surface area contributed by atoms with Crippen molar-refractivity contribution in [1.29, 1.82) is 0 Å². The molecule has 0 saturated carbocycles. The quantitative estimate of drug-likeness (QED) is 0.712. The molecule has 0 aliphatic carbocycles. The van der Waals surface area contributed by atoms with Gasteiger partial charge in [0.2, 0.25) is 11.0 Å². The van der Waals surface area contributed by atoms with Gasteiger partial charge in [0.05, 0.1) is 13.7 Å². The molecule has 1 aromatic heterocycles. The predicted octanol–water partition coefficient (Wildman–Crippen LogP) is 3.30. The van der Waals surface area contributed by atoms with Crippen LogP contribution in [0.15, 0.2) is 24.3 Å². The Hall–Kier alpha value is -2.15. The molecule has 1 heterocycles. The molecule has 0 radical (unpaired) electrons. The highest BCUT2D eigenvalue weighted by Gasteiger charge is 2.08. The molecular weight excluding hydrogens is 314 g/mol. The minimum atomic E-state index is -0.0761. The van der Waals surface area contributed by atoms with Crippen LogP contribution in [0.1, 0.15) is 31.2 Å². The summed E-state index contributed by atoms with van der Waals surface area (Å²) in [5.74, 6) is 1.30. The van der Waals surface area contributed by atoms with Crippen molar-refractivity contribution in [3.05, 3.63) is 29.3 Å². The summed E-state index contributed by atoms with van der Waals surface area (Å²) in [5.41, 5.74) is 0. The van der Waals surface area contributed by atoms with Crippen molar-refractivity contribution in [3.63, 3.8) is 0 Å². The lowest BCUT2D eigenvalue weighted by atomic mass is 10.3. The number of amides is 1. The third-order valence-electron chi connectivity index (χ3n) is 3.05. The van der Waals surface area contributed by atoms with E-state index in [2.05, 4.69) is 22.4 Å². The van der Waals surface area contributed by atoms with Gasteiger partial charge in [0.25, 0.3) is 0 Å². The van der Waals surface area contributed by atoms with Crippen molar-refractivity contribution in [3.8, 4) is 11.5 Å². The van der Waals surface area contributed by atoms with Crippen molar-refractivity contribution < 1.29 is 14.3 Å². The van der Waals surface area contributed by atoms with Crippen LogP contribution in [0.2, 0.25) is 0 Å². The molecule has 1 aromatic carbocycles. The summed E-state index contributed by atoms with van der Waals surface area (Å²) in [6.45, 7) is 2.53. The Morgan fingerprint density at radius 2 is 2.04 bits per heavy atom. The van der Waals surface area contributed by atoms with E-state index in [1.165, 1.54) is 11.3 Å². The lowest BCUT2D eigenvalue weighted by Crippen LogP contribution is -2.12. The molecule has 2 rings (SSSR count). The first-order chi connectivity index (χ1) is 11.2. The smallest absolute Gasteiger partial charge is 0.226 e. The molecular formula is C16H21N3O3S. The first-order valence-corrected chi connectivity index (χ1v) is 8.42. The zero-order chi connectivity index (χ0) is 16.5. The zero-order valence-electron chi connectivity index (χ0n) is 13.4. The summed E-state index contributed by atoms with van der Waals surface area (Å²) in [5, 5.41) is 12.3. The molecule has 1 amide bonds. The fourth-order valence-corrected chi connectivity index (χ4v) is 2.81. The molecule has 6 nitrogen and oxygen atoms in total. The number of rotatable bonds is 9. The lowest BCUT2D eigenvalue weighted by Gasteiger charge is -2.09. The standard InChI is InChI=1S/C16H21N3O3S/c1-3-7-15-18-19-16(23-15)17-14(20)10-6-11-22-13-9-5-4-8-12(13)21-2/h4-5,8-9H,3,6-7,10-11H2,1-2H3,(H,17,19,20). The van der Waals surface area contributed by atoms with E-state index in [9.17, 15) is 4.79 Å². The van der Waals surface area contributed by atoms with E-state index < -0.39 is 0 Å². The van der Waals surface area contributed by atoms with Gasteiger partial charge in [-0.05, 0) is 25.0 Å². The SMILES string of the molecule is CCCc1nnc(NC(=O)CCCOc2ccccc2OC)s1. The van der Waals surface area contributed by atoms with Gasteiger partial charge >= 0.3 is 0 Å². The number of nitrogens with one attached hydrogen (secondary N) is 1. The second-order valence-electron chi connectivity index (χ2n) is 4.90. The molecule has 2 aromatic rings. The average molecular weight is 335 g/mol. The van der Waals surface area contributed by atoms with Crippen LogP contribution in [-0.4, -0.2) is 29.8 Å². The zero-order valence-corrected chi connectivity index (χ0v) is 14.2. The Balaban J connectivity index is 1.70. The Kier molecular flexibility index (Phi) is 6.80. The number of carbonyl (C=O) groups excluding carboxylic acids is 1. The molecule has 0 aliphatic heterocycles. The van der Waals surface area contributed by atoms with Crippen LogP contribution in [0.4, 0.5) is 5.13 Å². The van der Waals surface area contributed by atoms with Crippen molar-refractivity contribution >= 4 is 22.4 Å². The average Bonchev–Trinajstić information content (AvgIpc) is 2.99. The maximum absolute atomic E-state index is 11.9. The Morgan fingerprint density at radius 3 is 2.78 bits per heavy atom. The van der Waals surface area contributed by atoms with E-state index in [4.69, 9.17) is 9.47 Å². The summed E-state index contributed by atoms with van der Waals surface area (Å²) in [4.78, 5) is 11.9. The monoisotopic (exact) mass is 335 g/mol. The molecule has 124 valence electrons. The third kappa shape index (κ3) is 5.52. The second-order valence-corrected chi connectivity index (χ2v) is 5.96. The van der Waals surface area contributed by atoms with E-state index in [-0.39, 0.29) is 5.91 Å². The lowest BCUT2D eigenvalue weighted by molar-refractivity contribution is -0.116. The van der Waals surface area contributed by atoms with Crippen LogP contribution in [0.25, 0.3) is 0 Å². The maximum atomic E-state index is 11.9. The molecule has 0 aliphatic rings. The number of aromatic nitrogens is 2. The molecule has 0 fully saturated rings. The Bertz CT molecular complexity index is 631. The van der Waals surface area contributed by atoms with Crippen molar-refractivity contribution in [2.75, 3.05) is 19.0 Å². The number of methoxy groups -OCH3 is 1. The number of aryl methyl sites for hydroxylation is 1. The van der Waals surface area contributed by atoms with Gasteiger partial charge in [-0.1, -0.05) is 30.4 Å². The fourth-order valence-electron chi connectivity index (χ4n) is 1.95. The van der Waals surface area contributed by atoms with Gasteiger partial charge in [-0.25, -0.2) is 0 Å². The predicted molar refractivity (Wildman–Crippen MR) is 90.3 cm³/mol. The first kappa shape index (κ1) is 17.2. The maximum Gasteiger partial charge on any atom is 0.226 e. The highest BCUT2D eigenvalue weighted by Crippen LogP contribution is 2.25. The van der Waals surface area contributed by atoms with Crippen molar-refractivity contribution in [1.82, 2.24) is 10.2 Å². The number of nitrogens with zero attached hydrogens (tertiary/aromatic N) is 2. The van der Waals surface area contributed by atoms with E-state index in [0.29, 0.717) is 36.1 Å². The number of anilines is 1. The normalized spacial score (nSPS) is 10.3. The summed E-state index contributed by atoms with van der Waals surface area (Å²) in [6, 6.07) is 7.45. The highest BCUT2D eigenvalue weighted by atomic mass is 32.1. The minimum Gasteiger partial charge on any atom is -0.493 e. The number of carbonyl (C=O) groups is 1. The molecule has 0 bridgehead atoms. The molecule has 7 heteroatoms. The van der Waals surface area contributed by atoms with Gasteiger partial charge in [0.15, 0.2) is 11.5 Å². The van der Waals surface area contributed by atoms with Gasteiger partial charge in [-0.3, -0.25) is 4.79 Å². The highest BCUT2D eigenvalue weighted by molar-refractivity contribution is 7.15. The van der Waals surface area contributed by atoms with E-state index in [1.807, 2.05) is 24.3 Å². The van der Waals surface area contributed by atoms with Crippen molar-refractivity contribution in [2.24, 2.45) is 0 Å². The van der Waals surface area contributed by atoms with E-state index >= 15 is 0 Å². The summed E-state index contributed by atoms with van der Waals surface area (Å²) >= 11 is 1.42. The van der Waals surface area contributed by atoms with Crippen LogP contribution in [0.5, 0.6) is 11.5 Å². The Morgan fingerprint density at radius 1 is 1.26 bits per heavy atom. The summed E-state index contributed by atoms with van der Waals surface area (Å²) in [7, 11) is 1.60. The number of hydrogen-bond donors (Lipinski definition) is 1. The first-order valence-electron chi connectivity index (χ1n) is 7.61. The van der Waals surface area contributed by atoms with E-state index in [1.54, 1.807) is 7.11 Å². The van der Waals surface area contributed by atoms with Gasteiger partial charge in [0.1, 0.15) is 5.01 Å². The topological polar surface area (TPSA) is 73.3 Å². The van der Waals surface area contributed by atoms with Crippen LogP contribution in [0.3, 0.4) is 0 Å². The van der Waals surface area contributed by atoms with Crippen LogP contribution in [-0.2, 0) is 11.2 Å². The van der Waals surface area contributed by atoms with Gasteiger partial charge < -0.3 is 14.8 Å². The number of hydrogen-bond acceptors (Lipinski definition) is 6. The number of para-hydroxylation sites is 2. The van der Waals surface area contributed by atoms with Crippen LogP contribution < -0.4 is 14.8 Å². The largest absolute Gasteiger partial charge is 0.493 e.